The summed E-state index contributed by atoms with van der Waals surface area (Å²) in [5.74, 6) is 0.345. The molecule has 6 heteroatoms. The third-order valence-electron chi connectivity index (χ3n) is 2.35. The first kappa shape index (κ1) is 11.8. The molecule has 0 fully saturated rings. The van der Waals surface area contributed by atoms with Crippen LogP contribution in [0.1, 0.15) is 10.4 Å². The summed E-state index contributed by atoms with van der Waals surface area (Å²) in [6.07, 6.45) is 2.83. The van der Waals surface area contributed by atoms with E-state index in [2.05, 4.69) is 15.5 Å². The largest absolute Gasteiger partial charge is 0.497 e. The molecule has 1 aromatic heterocycles. The molecule has 0 saturated heterocycles. The Morgan fingerprint density at radius 2 is 2.17 bits per heavy atom. The van der Waals surface area contributed by atoms with Gasteiger partial charge in [0.15, 0.2) is 0 Å². The molecule has 3 N–H and O–H groups in total. The minimum atomic E-state index is -0.290. The zero-order valence-electron chi connectivity index (χ0n) is 9.75. The Hall–Kier alpha value is -2.63. The number of anilines is 2. The van der Waals surface area contributed by atoms with Gasteiger partial charge >= 0.3 is 0 Å². The molecule has 1 aromatic carbocycles. The number of carbonyl (C=O) groups is 1. The predicted octanol–water partition coefficient (Wildman–Crippen LogP) is 1.32. The lowest BCUT2D eigenvalue weighted by molar-refractivity contribution is 0.102. The van der Waals surface area contributed by atoms with Crippen molar-refractivity contribution in [2.24, 2.45) is 0 Å². The van der Waals surface area contributed by atoms with Crippen LogP contribution in [0.4, 0.5) is 11.4 Å². The first-order valence-corrected chi connectivity index (χ1v) is 5.22. The number of nitrogens with one attached hydrogen (secondary N) is 1. The average Bonchev–Trinajstić information content (AvgIpc) is 2.42. The summed E-state index contributed by atoms with van der Waals surface area (Å²) < 4.78 is 5.03. The highest BCUT2D eigenvalue weighted by Gasteiger charge is 2.08. The number of nitrogens with zero attached hydrogens (tertiary/aromatic N) is 2. The lowest BCUT2D eigenvalue weighted by Gasteiger charge is -2.09. The SMILES string of the molecule is COc1ccc(NC(=O)c2ccnnc2)c(N)c1. The summed E-state index contributed by atoms with van der Waals surface area (Å²) in [5.41, 5.74) is 7.18. The molecule has 0 unspecified atom stereocenters. The number of hydrogen-bond acceptors (Lipinski definition) is 5. The number of aromatic nitrogens is 2. The number of nitrogen functional groups attached to an aromatic ring is 1. The molecule has 6 nitrogen and oxygen atoms in total. The average molecular weight is 244 g/mol. The molecule has 0 bridgehead atoms. The maximum Gasteiger partial charge on any atom is 0.257 e. The van der Waals surface area contributed by atoms with Crippen LogP contribution in [0.25, 0.3) is 0 Å². The van der Waals surface area contributed by atoms with E-state index < -0.39 is 0 Å². The van der Waals surface area contributed by atoms with Crippen LogP contribution in [0.3, 0.4) is 0 Å². The zero-order chi connectivity index (χ0) is 13.0. The fourth-order valence-corrected chi connectivity index (χ4v) is 1.40. The number of benzene rings is 1. The highest BCUT2D eigenvalue weighted by atomic mass is 16.5. The maximum absolute atomic E-state index is 11.9. The monoisotopic (exact) mass is 244 g/mol. The van der Waals surface area contributed by atoms with Crippen molar-refractivity contribution in [1.82, 2.24) is 10.2 Å². The van der Waals surface area contributed by atoms with Gasteiger partial charge < -0.3 is 15.8 Å². The van der Waals surface area contributed by atoms with Crippen molar-refractivity contribution in [2.75, 3.05) is 18.2 Å². The Morgan fingerprint density at radius 1 is 1.33 bits per heavy atom. The molecule has 2 aromatic rings. The van der Waals surface area contributed by atoms with Gasteiger partial charge in [0.2, 0.25) is 0 Å². The fraction of sp³-hybridized carbons (Fsp3) is 0.0833. The van der Waals surface area contributed by atoms with E-state index in [0.717, 1.165) is 0 Å². The molecule has 2 rings (SSSR count). The topological polar surface area (TPSA) is 90.1 Å². The normalized spacial score (nSPS) is 9.83. The first-order chi connectivity index (χ1) is 8.70. The third-order valence-corrected chi connectivity index (χ3v) is 2.35. The summed E-state index contributed by atoms with van der Waals surface area (Å²) in [5, 5.41) is 9.93. The van der Waals surface area contributed by atoms with Gasteiger partial charge in [-0.3, -0.25) is 4.79 Å². The Labute approximate surface area is 104 Å². The van der Waals surface area contributed by atoms with Crippen molar-refractivity contribution < 1.29 is 9.53 Å². The number of amides is 1. The summed E-state index contributed by atoms with van der Waals surface area (Å²) in [7, 11) is 1.55. The minimum Gasteiger partial charge on any atom is -0.497 e. The van der Waals surface area contributed by atoms with Gasteiger partial charge in [-0.1, -0.05) is 0 Å². The molecule has 1 heterocycles. The highest BCUT2D eigenvalue weighted by Crippen LogP contribution is 2.24. The van der Waals surface area contributed by atoms with Crippen LogP contribution >= 0.6 is 0 Å². The molecule has 0 radical (unpaired) electrons. The van der Waals surface area contributed by atoms with Gasteiger partial charge in [-0.05, 0) is 18.2 Å². The lowest BCUT2D eigenvalue weighted by Crippen LogP contribution is -2.13. The summed E-state index contributed by atoms with van der Waals surface area (Å²) in [6.45, 7) is 0. The van der Waals surface area contributed by atoms with Crippen LogP contribution in [0.2, 0.25) is 0 Å². The third kappa shape index (κ3) is 2.54. The molecule has 1 amide bonds. The van der Waals surface area contributed by atoms with E-state index in [0.29, 0.717) is 22.7 Å². The molecular weight excluding hydrogens is 232 g/mol. The van der Waals surface area contributed by atoms with Crippen LogP contribution in [0.15, 0.2) is 36.7 Å². The maximum atomic E-state index is 11.9. The van der Waals surface area contributed by atoms with Crippen molar-refractivity contribution >= 4 is 17.3 Å². The van der Waals surface area contributed by atoms with Gasteiger partial charge in [-0.2, -0.15) is 10.2 Å². The molecule has 92 valence electrons. The van der Waals surface area contributed by atoms with E-state index in [1.807, 2.05) is 0 Å². The lowest BCUT2D eigenvalue weighted by atomic mass is 10.2. The van der Waals surface area contributed by atoms with Crippen LogP contribution < -0.4 is 15.8 Å². The molecule has 0 aliphatic rings. The van der Waals surface area contributed by atoms with Crippen LogP contribution in [-0.4, -0.2) is 23.2 Å². The van der Waals surface area contributed by atoms with Gasteiger partial charge in [0, 0.05) is 6.07 Å². The van der Waals surface area contributed by atoms with Gasteiger partial charge in [0.1, 0.15) is 5.75 Å². The first-order valence-electron chi connectivity index (χ1n) is 5.22. The second kappa shape index (κ2) is 5.13. The van der Waals surface area contributed by atoms with E-state index in [9.17, 15) is 4.79 Å². The molecule has 0 atom stereocenters. The smallest absolute Gasteiger partial charge is 0.257 e. The van der Waals surface area contributed by atoms with Gasteiger partial charge in [-0.25, -0.2) is 0 Å². The highest BCUT2D eigenvalue weighted by molar-refractivity contribution is 6.05. The Bertz CT molecular complexity index is 557. The Balaban J connectivity index is 2.17. The fourth-order valence-electron chi connectivity index (χ4n) is 1.40. The van der Waals surface area contributed by atoms with E-state index in [1.54, 1.807) is 31.4 Å². The van der Waals surface area contributed by atoms with Gasteiger partial charge in [-0.15, -0.1) is 0 Å². The molecule has 0 aliphatic carbocycles. The summed E-state index contributed by atoms with van der Waals surface area (Å²) in [6, 6.07) is 6.61. The molecule has 0 spiro atoms. The van der Waals surface area contributed by atoms with Crippen molar-refractivity contribution in [3.8, 4) is 5.75 Å². The number of ether oxygens (including phenoxy) is 1. The second-order valence-electron chi connectivity index (χ2n) is 3.54. The number of carbonyl (C=O) groups excluding carboxylic acids is 1. The molecular formula is C12H12N4O2. The standard InChI is InChI=1S/C12H12N4O2/c1-18-9-2-3-11(10(13)6-9)16-12(17)8-4-5-14-15-7-8/h2-7H,13H2,1H3,(H,16,17). The predicted molar refractivity (Wildman–Crippen MR) is 67.4 cm³/mol. The zero-order valence-corrected chi connectivity index (χ0v) is 9.75. The van der Waals surface area contributed by atoms with Crippen molar-refractivity contribution in [1.29, 1.82) is 0 Å². The van der Waals surface area contributed by atoms with Crippen LogP contribution in [-0.2, 0) is 0 Å². The van der Waals surface area contributed by atoms with Gasteiger partial charge in [0.25, 0.3) is 5.91 Å². The van der Waals surface area contributed by atoms with E-state index >= 15 is 0 Å². The van der Waals surface area contributed by atoms with E-state index in [-0.39, 0.29) is 5.91 Å². The molecule has 0 aliphatic heterocycles. The molecule has 18 heavy (non-hydrogen) atoms. The van der Waals surface area contributed by atoms with Crippen molar-refractivity contribution in [3.63, 3.8) is 0 Å². The minimum absolute atomic E-state index is 0.290. The van der Waals surface area contributed by atoms with Gasteiger partial charge in [0.05, 0.1) is 36.4 Å². The second-order valence-corrected chi connectivity index (χ2v) is 3.54. The molecule has 0 saturated carbocycles. The summed E-state index contributed by atoms with van der Waals surface area (Å²) >= 11 is 0. The Kier molecular flexibility index (Phi) is 3.38. The summed E-state index contributed by atoms with van der Waals surface area (Å²) in [4.78, 5) is 11.9. The number of nitrogens with two attached hydrogens (primary N) is 1. The van der Waals surface area contributed by atoms with Crippen molar-refractivity contribution in [2.45, 2.75) is 0 Å². The quantitative estimate of drug-likeness (QED) is 0.795. The Morgan fingerprint density at radius 3 is 2.78 bits per heavy atom. The van der Waals surface area contributed by atoms with Crippen molar-refractivity contribution in [3.05, 3.63) is 42.2 Å². The number of methoxy groups -OCH3 is 1. The number of rotatable bonds is 3. The van der Waals surface area contributed by atoms with Crippen LogP contribution in [0.5, 0.6) is 5.75 Å². The number of hydrogen-bond donors (Lipinski definition) is 2. The van der Waals surface area contributed by atoms with Crippen LogP contribution in [0, 0.1) is 0 Å². The van der Waals surface area contributed by atoms with E-state index in [4.69, 9.17) is 10.5 Å². The van der Waals surface area contributed by atoms with E-state index in [1.165, 1.54) is 12.4 Å².